The largest absolute Gasteiger partial charge is 0.418 e. The fourth-order valence-corrected chi connectivity index (χ4v) is 76.7. The van der Waals surface area contributed by atoms with E-state index >= 15 is 0 Å². The lowest BCUT2D eigenvalue weighted by molar-refractivity contribution is 0.111. The Hall–Kier alpha value is 1.07. The van der Waals surface area contributed by atoms with E-state index in [-0.39, 0.29) is 67.1 Å². The monoisotopic (exact) mass is 1900 g/mol. The quantitative estimate of drug-likeness (QED) is 0.0311. The molecule has 15 unspecified atom stereocenters. The zero-order valence-corrected chi connectivity index (χ0v) is 85.4. The van der Waals surface area contributed by atoms with Crippen molar-refractivity contribution in [3.05, 3.63) is 0 Å². The van der Waals surface area contributed by atoms with Crippen molar-refractivity contribution >= 4 is 94.9 Å². The molecule has 0 saturated carbocycles. The number of epoxide rings is 11. The lowest BCUT2D eigenvalue weighted by Gasteiger charge is -2.50. The van der Waals surface area contributed by atoms with Crippen LogP contribution in [-0.2, 0) is 149 Å². The third-order valence-corrected chi connectivity index (χ3v) is 73.0. The molecule has 0 aromatic rings. The van der Waals surface area contributed by atoms with E-state index in [4.69, 9.17) is 149 Å². The maximum Gasteiger partial charge on any atom is 0.317 e. The van der Waals surface area contributed by atoms with E-state index in [9.17, 15) is 0 Å². The van der Waals surface area contributed by atoms with Crippen LogP contribution in [0.1, 0.15) is 70.6 Å². The summed E-state index contributed by atoms with van der Waals surface area (Å²) in [6.45, 7) is 44.2. The fourth-order valence-electron chi connectivity index (χ4n) is 15.5. The molecule has 13 rings (SSSR count). The summed E-state index contributed by atoms with van der Waals surface area (Å²) in [7, 11) is -32.5. The third-order valence-electron chi connectivity index (χ3n) is 22.3. The Morgan fingerprint density at radius 1 is 0.183 bits per heavy atom. The van der Waals surface area contributed by atoms with E-state index in [1.807, 2.05) is 0 Å². The molecule has 13 saturated heterocycles. The predicted molar refractivity (Wildman–Crippen MR) is 465 cm³/mol. The summed E-state index contributed by atoms with van der Waals surface area (Å²) in [5.74, 6) is 0. The van der Waals surface area contributed by atoms with Gasteiger partial charge in [0, 0.05) is 72.7 Å². The summed E-state index contributed by atoms with van der Waals surface area (Å²) in [4.78, 5) is 0. The Bertz CT molecular complexity index is 2580. The fraction of sp³-hybridized carbons (Fsp3) is 1.00. The molecule has 13 fully saturated rings. The van der Waals surface area contributed by atoms with Crippen molar-refractivity contribution in [2.45, 2.75) is 270 Å². The third kappa shape index (κ3) is 43.2. The summed E-state index contributed by atoms with van der Waals surface area (Å²) >= 11 is 0. The summed E-state index contributed by atoms with van der Waals surface area (Å²) in [6, 6.07) is 8.23. The first-order chi connectivity index (χ1) is 57.8. The van der Waals surface area contributed by atoms with E-state index < -0.39 is 94.9 Å². The highest BCUT2D eigenvalue weighted by Crippen LogP contribution is 2.42. The molecule has 0 aromatic heterocycles. The van der Waals surface area contributed by atoms with E-state index in [1.54, 1.807) is 0 Å². The lowest BCUT2D eigenvalue weighted by atomic mass is 10.5. The van der Waals surface area contributed by atoms with Crippen LogP contribution >= 0.6 is 0 Å². The molecule has 13 aliphatic heterocycles. The summed E-state index contributed by atoms with van der Waals surface area (Å²) in [6.07, 6.45) is 11.2. The molecule has 120 heavy (non-hydrogen) atoms. The number of ether oxygens (including phenoxy) is 22. The average molecular weight is 1900 g/mol. The molecule has 0 spiro atoms. The van der Waals surface area contributed by atoms with Crippen LogP contribution in [0.4, 0.5) is 0 Å². The minimum atomic E-state index is -3.09. The second kappa shape index (κ2) is 49.7. The first-order valence-electron chi connectivity index (χ1n) is 45.6. The van der Waals surface area contributed by atoms with Gasteiger partial charge in [0.15, 0.2) is 0 Å². The van der Waals surface area contributed by atoms with Crippen LogP contribution in [0.3, 0.4) is 0 Å². The molecule has 0 aliphatic carbocycles. The van der Waals surface area contributed by atoms with Crippen LogP contribution in [0.25, 0.3) is 0 Å². The van der Waals surface area contributed by atoms with Gasteiger partial charge in [0.1, 0.15) is 67.1 Å². The molecule has 15 atom stereocenters. The molecule has 33 nitrogen and oxygen atoms in total. The average Bonchev–Trinajstić information content (AvgIpc) is 1.19. The van der Waals surface area contributed by atoms with E-state index in [0.717, 1.165) is 210 Å². The van der Waals surface area contributed by atoms with Crippen molar-refractivity contribution in [3.63, 3.8) is 0 Å². The van der Waals surface area contributed by atoms with Crippen molar-refractivity contribution in [2.24, 2.45) is 0 Å². The topological polar surface area (TPSA) is 341 Å². The Morgan fingerprint density at radius 3 is 0.433 bits per heavy atom. The maximum absolute atomic E-state index is 7.70. The molecule has 0 amide bonds. The van der Waals surface area contributed by atoms with Gasteiger partial charge >= 0.3 is 94.9 Å². The maximum atomic E-state index is 7.70. The normalized spacial score (nSPS) is 39.1. The molecule has 698 valence electrons. The van der Waals surface area contributed by atoms with Gasteiger partial charge in [0.05, 0.1) is 145 Å². The van der Waals surface area contributed by atoms with E-state index in [0.29, 0.717) is 145 Å². The van der Waals surface area contributed by atoms with Gasteiger partial charge in [-0.1, -0.05) is 0 Å². The summed E-state index contributed by atoms with van der Waals surface area (Å²) in [5.41, 5.74) is 0. The SMILES string of the molecule is C[Si]1(CCCOCC2CO2)O[SiH](CCCOCC2CO2)O[Si](C)(CCCOCC2CO2)O[Si](C)(CCCOCC2CO2)O[Si](C)(CCCOCC2CO2)O[Si](C)(CCCOCC2CO2)O1.C[Si]1(CCCOCC2CO2)O[Si](C)(CCCOCC2CO2)O[Si](C)(CCCOCC2CO2)O[Si](C)(CCCOCC2CO2)O[Si](C)(CCCOCC2CO2)O1. The zero-order valence-electron chi connectivity index (χ0n) is 74.3. The van der Waals surface area contributed by atoms with Crippen molar-refractivity contribution in [3.8, 4) is 0 Å². The van der Waals surface area contributed by atoms with Crippen molar-refractivity contribution in [1.29, 1.82) is 0 Å². The molecule has 13 heterocycles. The van der Waals surface area contributed by atoms with Gasteiger partial charge in [-0.15, -0.1) is 0 Å². The second-order valence-corrected chi connectivity index (χ2v) is 74.8. The lowest BCUT2D eigenvalue weighted by Crippen LogP contribution is -2.67. The van der Waals surface area contributed by atoms with Gasteiger partial charge in [0.25, 0.3) is 0 Å². The van der Waals surface area contributed by atoms with Crippen LogP contribution < -0.4 is 0 Å². The van der Waals surface area contributed by atoms with Crippen LogP contribution in [0.2, 0.25) is 132 Å². The molecule has 13 aliphatic rings. The highest BCUT2D eigenvalue weighted by molar-refractivity contribution is 6.95. The van der Waals surface area contributed by atoms with Gasteiger partial charge < -0.3 is 149 Å². The van der Waals surface area contributed by atoms with Crippen LogP contribution in [0, 0.1) is 0 Å². The zero-order chi connectivity index (χ0) is 84.2. The van der Waals surface area contributed by atoms with Crippen molar-refractivity contribution in [2.75, 3.05) is 218 Å². The highest BCUT2D eigenvalue weighted by atomic mass is 28.5. The molecular weight excluding hydrogens is 1750 g/mol. The standard InChI is InChI=1S/C41H82O18Si6.C35H70O15Si5/c1-61(19-7-13-43-25-37-31-49-37)54-60(18-6-12-42-24-36-30-48-36)55-62(2,20-8-14-44-26-38-32-50-38)57-64(4,22-10-16-46-28-40-34-52-40)59-65(5,23-11-17-47-29-41-35-53-41)58-63(3,56-61)21-9-15-45-27-39-33-51-39;1-51(16-6-11-36-21-31-26-41-31)46-52(2,17-7-12-37-22-32-27-42-32)48-54(4,19-9-14-39-24-34-29-44-34)50-55(5,20-10-15-40-25-35-30-45-35)49-53(3,47-51)18-8-13-38-23-33-28-43-33/h36-41,60H,6-35H2,1-5H3;31-35H,6-30H2,1-5H3. The number of hydrogen-bond acceptors (Lipinski definition) is 33. The number of hydrogen-bond donors (Lipinski definition) is 0. The molecule has 0 radical (unpaired) electrons. The van der Waals surface area contributed by atoms with Crippen LogP contribution in [0.5, 0.6) is 0 Å². The molecule has 0 N–H and O–H groups in total. The molecule has 0 bridgehead atoms. The van der Waals surface area contributed by atoms with Gasteiger partial charge in [0.2, 0.25) is 0 Å². The minimum absolute atomic E-state index is 0.203. The Morgan fingerprint density at radius 2 is 0.300 bits per heavy atom. The molecule has 0 aromatic carbocycles. The van der Waals surface area contributed by atoms with E-state index in [2.05, 4.69) is 65.5 Å². The van der Waals surface area contributed by atoms with Crippen LogP contribution in [-0.4, -0.2) is 380 Å². The van der Waals surface area contributed by atoms with Gasteiger partial charge in [-0.05, 0) is 203 Å². The van der Waals surface area contributed by atoms with Gasteiger partial charge in [-0.25, -0.2) is 0 Å². The Balaban J connectivity index is 0.000000223. The van der Waals surface area contributed by atoms with Gasteiger partial charge in [-0.3, -0.25) is 0 Å². The second-order valence-electron chi connectivity index (χ2n) is 36.4. The van der Waals surface area contributed by atoms with Crippen LogP contribution in [0.15, 0.2) is 0 Å². The summed E-state index contributed by atoms with van der Waals surface area (Å²) in [5, 5.41) is 0. The molecular formula is C76H152O33Si11. The first-order valence-corrected chi connectivity index (χ1v) is 72.6. The van der Waals surface area contributed by atoms with Crippen molar-refractivity contribution < 1.29 is 149 Å². The Kier molecular flexibility index (Phi) is 41.4. The predicted octanol–water partition coefficient (Wildman–Crippen LogP) is 8.98. The first kappa shape index (κ1) is 100. The van der Waals surface area contributed by atoms with Gasteiger partial charge in [-0.2, -0.15) is 0 Å². The highest BCUT2D eigenvalue weighted by Gasteiger charge is 2.59. The minimum Gasteiger partial charge on any atom is -0.418 e. The molecule has 44 heteroatoms. The van der Waals surface area contributed by atoms with Crippen molar-refractivity contribution in [1.82, 2.24) is 0 Å². The smallest absolute Gasteiger partial charge is 0.317 e. The summed E-state index contributed by atoms with van der Waals surface area (Å²) < 4.78 is 209. The van der Waals surface area contributed by atoms with E-state index in [1.165, 1.54) is 0 Å². The Labute approximate surface area is 727 Å². The number of rotatable bonds is 66.